The number of likely N-dealkylation sites (tertiary alicyclic amines) is 1. The Labute approximate surface area is 109 Å². The van der Waals surface area contributed by atoms with Crippen molar-refractivity contribution in [2.24, 2.45) is 0 Å². The molecule has 1 saturated heterocycles. The van der Waals surface area contributed by atoms with Crippen LogP contribution in [0.15, 0.2) is 30.3 Å². The highest BCUT2D eigenvalue weighted by molar-refractivity contribution is 5.21. The summed E-state index contributed by atoms with van der Waals surface area (Å²) in [6, 6.07) is 9.77. The molecule has 0 bridgehead atoms. The van der Waals surface area contributed by atoms with Gasteiger partial charge in [0.2, 0.25) is 0 Å². The zero-order valence-corrected chi connectivity index (χ0v) is 11.3. The molecule has 1 fully saturated rings. The first-order valence-electron chi connectivity index (χ1n) is 6.62. The standard InChI is InChI=1S/C15H23NO2/c1-14(17)8-10-16(11-9-14)12-15(2,18)13-6-4-3-5-7-13/h3-7,17-18H,8-12H2,1-2H3. The van der Waals surface area contributed by atoms with Crippen molar-refractivity contribution >= 4 is 0 Å². The third-order valence-electron chi connectivity index (χ3n) is 3.86. The van der Waals surface area contributed by atoms with Gasteiger partial charge in [-0.3, -0.25) is 4.90 Å². The van der Waals surface area contributed by atoms with Gasteiger partial charge in [0.05, 0.1) is 11.2 Å². The highest BCUT2D eigenvalue weighted by atomic mass is 16.3. The van der Waals surface area contributed by atoms with Gasteiger partial charge in [-0.1, -0.05) is 30.3 Å². The lowest BCUT2D eigenvalue weighted by Gasteiger charge is -2.39. The van der Waals surface area contributed by atoms with E-state index in [2.05, 4.69) is 4.90 Å². The quantitative estimate of drug-likeness (QED) is 0.857. The fourth-order valence-electron chi connectivity index (χ4n) is 2.52. The number of nitrogens with zero attached hydrogens (tertiary/aromatic N) is 1. The molecule has 100 valence electrons. The second-order valence-electron chi connectivity index (χ2n) is 5.91. The Hall–Kier alpha value is -0.900. The Morgan fingerprint density at radius 3 is 2.33 bits per heavy atom. The van der Waals surface area contributed by atoms with E-state index in [9.17, 15) is 10.2 Å². The third kappa shape index (κ3) is 3.31. The Balaban J connectivity index is 1.97. The zero-order valence-electron chi connectivity index (χ0n) is 11.3. The number of aliphatic hydroxyl groups is 2. The molecule has 18 heavy (non-hydrogen) atoms. The van der Waals surface area contributed by atoms with Crippen LogP contribution in [-0.4, -0.2) is 40.3 Å². The summed E-state index contributed by atoms with van der Waals surface area (Å²) in [5.41, 5.74) is -0.415. The molecular formula is C15H23NO2. The minimum atomic E-state index is -0.829. The highest BCUT2D eigenvalue weighted by Gasteiger charge is 2.32. The van der Waals surface area contributed by atoms with Crippen LogP contribution in [-0.2, 0) is 5.60 Å². The van der Waals surface area contributed by atoms with Gasteiger partial charge in [0.25, 0.3) is 0 Å². The second-order valence-corrected chi connectivity index (χ2v) is 5.91. The number of hydrogen-bond acceptors (Lipinski definition) is 3. The summed E-state index contributed by atoms with van der Waals surface area (Å²) in [5, 5.41) is 20.5. The Kier molecular flexibility index (Phi) is 3.76. The molecule has 0 radical (unpaired) electrons. The van der Waals surface area contributed by atoms with Crippen LogP contribution in [0.25, 0.3) is 0 Å². The molecule has 3 nitrogen and oxygen atoms in total. The Morgan fingerprint density at radius 2 is 1.78 bits per heavy atom. The molecule has 1 aromatic carbocycles. The van der Waals surface area contributed by atoms with Crippen molar-refractivity contribution in [2.75, 3.05) is 19.6 Å². The first-order chi connectivity index (χ1) is 8.39. The number of piperidine rings is 1. The van der Waals surface area contributed by atoms with Gasteiger partial charge in [-0.15, -0.1) is 0 Å². The molecule has 2 N–H and O–H groups in total. The van der Waals surface area contributed by atoms with Crippen molar-refractivity contribution in [1.29, 1.82) is 0 Å². The largest absolute Gasteiger partial charge is 0.390 e. The summed E-state index contributed by atoms with van der Waals surface area (Å²) in [5.74, 6) is 0. The molecule has 0 aliphatic carbocycles. The maximum Gasteiger partial charge on any atom is 0.0994 e. The summed E-state index contributed by atoms with van der Waals surface area (Å²) >= 11 is 0. The first kappa shape index (κ1) is 13.5. The zero-order chi connectivity index (χ0) is 13.2. The van der Waals surface area contributed by atoms with Crippen LogP contribution in [0, 0.1) is 0 Å². The van der Waals surface area contributed by atoms with Gasteiger partial charge in [0, 0.05) is 19.6 Å². The van der Waals surface area contributed by atoms with Gasteiger partial charge < -0.3 is 10.2 Å². The van der Waals surface area contributed by atoms with Crippen molar-refractivity contribution in [3.8, 4) is 0 Å². The molecule has 1 unspecified atom stereocenters. The fraction of sp³-hybridized carbons (Fsp3) is 0.600. The Bertz CT molecular complexity index is 377. The van der Waals surface area contributed by atoms with Crippen LogP contribution < -0.4 is 0 Å². The van der Waals surface area contributed by atoms with Crippen LogP contribution in [0.3, 0.4) is 0 Å². The first-order valence-corrected chi connectivity index (χ1v) is 6.62. The van der Waals surface area contributed by atoms with Gasteiger partial charge in [0.1, 0.15) is 0 Å². The highest BCUT2D eigenvalue weighted by Crippen LogP contribution is 2.26. The smallest absolute Gasteiger partial charge is 0.0994 e. The average Bonchev–Trinajstić information content (AvgIpc) is 2.33. The molecule has 2 rings (SSSR count). The number of rotatable bonds is 3. The Morgan fingerprint density at radius 1 is 1.22 bits per heavy atom. The van der Waals surface area contributed by atoms with E-state index < -0.39 is 11.2 Å². The van der Waals surface area contributed by atoms with Crippen LogP contribution in [0.2, 0.25) is 0 Å². The van der Waals surface area contributed by atoms with E-state index in [1.165, 1.54) is 0 Å². The lowest BCUT2D eigenvalue weighted by atomic mass is 9.91. The van der Waals surface area contributed by atoms with Crippen molar-refractivity contribution in [3.05, 3.63) is 35.9 Å². The SMILES string of the molecule is CC1(O)CCN(CC(C)(O)c2ccccc2)CC1. The van der Waals surface area contributed by atoms with Crippen LogP contribution in [0.5, 0.6) is 0 Å². The second kappa shape index (κ2) is 5.00. The van der Waals surface area contributed by atoms with Crippen molar-refractivity contribution in [2.45, 2.75) is 37.9 Å². The molecule has 3 heteroatoms. The minimum Gasteiger partial charge on any atom is -0.390 e. The van der Waals surface area contributed by atoms with Crippen molar-refractivity contribution in [3.63, 3.8) is 0 Å². The molecule has 0 saturated carbocycles. The molecule has 1 atom stereocenters. The molecular weight excluding hydrogens is 226 g/mol. The van der Waals surface area contributed by atoms with Gasteiger partial charge in [-0.25, -0.2) is 0 Å². The van der Waals surface area contributed by atoms with Gasteiger partial charge in [0.15, 0.2) is 0 Å². The normalized spacial score (nSPS) is 23.6. The molecule has 1 heterocycles. The van der Waals surface area contributed by atoms with E-state index >= 15 is 0 Å². The number of benzene rings is 1. The molecule has 1 aliphatic heterocycles. The van der Waals surface area contributed by atoms with E-state index in [0.29, 0.717) is 6.54 Å². The summed E-state index contributed by atoms with van der Waals surface area (Å²) in [4.78, 5) is 2.23. The van der Waals surface area contributed by atoms with Crippen molar-refractivity contribution < 1.29 is 10.2 Å². The number of β-amino-alcohol motifs (C(OH)–C–C–N with tert-alkyl or cyclic N) is 1. The van der Waals surface area contributed by atoms with E-state index in [-0.39, 0.29) is 0 Å². The van der Waals surface area contributed by atoms with Crippen molar-refractivity contribution in [1.82, 2.24) is 4.90 Å². The van der Waals surface area contributed by atoms with E-state index in [1.54, 1.807) is 0 Å². The van der Waals surface area contributed by atoms with E-state index in [0.717, 1.165) is 31.5 Å². The predicted molar refractivity (Wildman–Crippen MR) is 72.3 cm³/mol. The van der Waals surface area contributed by atoms with Crippen LogP contribution in [0.4, 0.5) is 0 Å². The van der Waals surface area contributed by atoms with Gasteiger partial charge >= 0.3 is 0 Å². The monoisotopic (exact) mass is 249 g/mol. The summed E-state index contributed by atoms with van der Waals surface area (Å²) in [6.45, 7) is 6.05. The maximum absolute atomic E-state index is 10.6. The van der Waals surface area contributed by atoms with Crippen LogP contribution >= 0.6 is 0 Å². The van der Waals surface area contributed by atoms with E-state index in [4.69, 9.17) is 0 Å². The lowest BCUT2D eigenvalue weighted by molar-refractivity contribution is -0.0385. The molecule has 1 aromatic rings. The summed E-state index contributed by atoms with van der Waals surface area (Å²) in [6.07, 6.45) is 1.55. The summed E-state index contributed by atoms with van der Waals surface area (Å²) in [7, 11) is 0. The van der Waals surface area contributed by atoms with Crippen LogP contribution in [0.1, 0.15) is 32.3 Å². The minimum absolute atomic E-state index is 0.533. The lowest BCUT2D eigenvalue weighted by Crippen LogP contribution is -2.47. The topological polar surface area (TPSA) is 43.7 Å². The van der Waals surface area contributed by atoms with Gasteiger partial charge in [-0.2, -0.15) is 0 Å². The molecule has 0 amide bonds. The average molecular weight is 249 g/mol. The molecule has 1 aliphatic rings. The fourth-order valence-corrected chi connectivity index (χ4v) is 2.52. The van der Waals surface area contributed by atoms with E-state index in [1.807, 2.05) is 44.2 Å². The molecule has 0 spiro atoms. The summed E-state index contributed by atoms with van der Waals surface area (Å²) < 4.78 is 0. The maximum atomic E-state index is 10.6. The molecule has 0 aromatic heterocycles. The predicted octanol–water partition coefficient (Wildman–Crippen LogP) is 1.74. The number of hydrogen-bond donors (Lipinski definition) is 2. The van der Waals surface area contributed by atoms with Gasteiger partial charge in [-0.05, 0) is 32.3 Å². The third-order valence-corrected chi connectivity index (χ3v) is 3.86.